The van der Waals surface area contributed by atoms with E-state index >= 15 is 0 Å². The summed E-state index contributed by atoms with van der Waals surface area (Å²) in [4.78, 5) is 14.8. The molecular weight excluding hydrogens is 340 g/mol. The fraction of sp³-hybridized carbons (Fsp3) is 0.409. The van der Waals surface area contributed by atoms with Gasteiger partial charge in [-0.3, -0.25) is 9.69 Å². The summed E-state index contributed by atoms with van der Waals surface area (Å²) in [5, 5.41) is 3.08. The largest absolute Gasteiger partial charge is 0.350 e. The number of nitrogens with one attached hydrogen (secondary N) is 1. The second kappa shape index (κ2) is 7.43. The Morgan fingerprint density at radius 3 is 2.44 bits per heavy atom. The van der Waals surface area contributed by atoms with E-state index in [1.807, 2.05) is 50.2 Å². The molecule has 4 rings (SSSR count). The molecule has 5 nitrogen and oxygen atoms in total. The molecule has 5 heteroatoms. The van der Waals surface area contributed by atoms with Crippen molar-refractivity contribution in [2.75, 3.05) is 13.1 Å². The van der Waals surface area contributed by atoms with Crippen LogP contribution < -0.4 is 5.32 Å². The van der Waals surface area contributed by atoms with Crippen LogP contribution in [0.4, 0.5) is 0 Å². The highest BCUT2D eigenvalue weighted by Gasteiger charge is 2.52. The van der Waals surface area contributed by atoms with Crippen LogP contribution in [0.5, 0.6) is 0 Å². The van der Waals surface area contributed by atoms with Crippen LogP contribution in [0.1, 0.15) is 29.8 Å². The lowest BCUT2D eigenvalue weighted by molar-refractivity contribution is -0.161. The molecule has 0 radical (unpaired) electrons. The molecule has 3 atom stereocenters. The van der Waals surface area contributed by atoms with Crippen molar-refractivity contribution < 1.29 is 14.3 Å². The average molecular weight is 366 g/mol. The van der Waals surface area contributed by atoms with Crippen LogP contribution in [0.3, 0.4) is 0 Å². The second-order valence-electron chi connectivity index (χ2n) is 7.70. The van der Waals surface area contributed by atoms with E-state index in [0.717, 1.165) is 13.1 Å². The third-order valence-electron chi connectivity index (χ3n) is 5.22. The number of carbonyl (C=O) groups is 1. The maximum absolute atomic E-state index is 12.5. The van der Waals surface area contributed by atoms with Crippen LogP contribution in [0, 0.1) is 0 Å². The topological polar surface area (TPSA) is 50.8 Å². The van der Waals surface area contributed by atoms with Crippen LogP contribution in [-0.2, 0) is 16.0 Å². The minimum atomic E-state index is -0.574. The second-order valence-corrected chi connectivity index (χ2v) is 7.70. The SMILES string of the molecule is CC1(C)O[C@H]2[C@H](CN(Cc3ccccc3)[C@H]2CNC(=O)c2ccccc2)O1. The molecule has 1 amide bonds. The Hall–Kier alpha value is -2.21. The third-order valence-corrected chi connectivity index (χ3v) is 5.22. The first-order chi connectivity index (χ1) is 13.0. The molecule has 0 unspecified atom stereocenters. The maximum Gasteiger partial charge on any atom is 0.251 e. The van der Waals surface area contributed by atoms with Crippen molar-refractivity contribution >= 4 is 5.91 Å². The standard InChI is InChI=1S/C22H26N2O3/c1-22(2)26-19-15-24(14-16-9-5-3-6-10-16)18(20(19)27-22)13-23-21(25)17-11-7-4-8-12-17/h3-12,18-20H,13-15H2,1-2H3,(H,23,25)/t18-,19-,20+/m0/s1. The first kappa shape index (κ1) is 18.2. The van der Waals surface area contributed by atoms with Gasteiger partial charge in [0.25, 0.3) is 5.91 Å². The highest BCUT2D eigenvalue weighted by Crippen LogP contribution is 2.37. The summed E-state index contributed by atoms with van der Waals surface area (Å²) < 4.78 is 12.3. The lowest BCUT2D eigenvalue weighted by Crippen LogP contribution is -2.46. The lowest BCUT2D eigenvalue weighted by atomic mass is 10.1. The van der Waals surface area contributed by atoms with Crippen molar-refractivity contribution in [1.29, 1.82) is 0 Å². The smallest absolute Gasteiger partial charge is 0.251 e. The molecule has 0 saturated carbocycles. The van der Waals surface area contributed by atoms with Crippen LogP contribution in [0.15, 0.2) is 60.7 Å². The van der Waals surface area contributed by atoms with Crippen molar-refractivity contribution in [2.45, 2.75) is 44.4 Å². The number of hydrogen-bond donors (Lipinski definition) is 1. The summed E-state index contributed by atoms with van der Waals surface area (Å²) >= 11 is 0. The predicted octanol–water partition coefficient (Wildman–Crippen LogP) is 2.82. The van der Waals surface area contributed by atoms with Gasteiger partial charge in [0.2, 0.25) is 0 Å². The van der Waals surface area contributed by atoms with Gasteiger partial charge in [-0.2, -0.15) is 0 Å². The quantitative estimate of drug-likeness (QED) is 0.884. The van der Waals surface area contributed by atoms with Gasteiger partial charge in [-0.25, -0.2) is 0 Å². The molecule has 142 valence electrons. The highest BCUT2D eigenvalue weighted by atomic mass is 16.8. The minimum absolute atomic E-state index is 0.0299. The van der Waals surface area contributed by atoms with Crippen molar-refractivity contribution in [3.63, 3.8) is 0 Å². The lowest BCUT2D eigenvalue weighted by Gasteiger charge is -2.30. The summed E-state index contributed by atoms with van der Waals surface area (Å²) in [6.07, 6.45) is -0.0119. The van der Waals surface area contributed by atoms with E-state index in [1.165, 1.54) is 5.56 Å². The Bertz CT molecular complexity index is 779. The zero-order chi connectivity index (χ0) is 18.9. The van der Waals surface area contributed by atoms with Gasteiger partial charge >= 0.3 is 0 Å². The molecule has 2 aromatic rings. The summed E-state index contributed by atoms with van der Waals surface area (Å²) in [5.41, 5.74) is 1.92. The molecule has 2 aliphatic rings. The van der Waals surface area contributed by atoms with E-state index in [4.69, 9.17) is 9.47 Å². The summed E-state index contributed by atoms with van der Waals surface area (Å²) in [7, 11) is 0. The van der Waals surface area contributed by atoms with Gasteiger partial charge in [0, 0.05) is 25.2 Å². The molecule has 0 bridgehead atoms. The molecule has 1 N–H and O–H groups in total. The van der Waals surface area contributed by atoms with E-state index in [9.17, 15) is 4.79 Å². The third kappa shape index (κ3) is 4.05. The van der Waals surface area contributed by atoms with Gasteiger partial charge in [-0.15, -0.1) is 0 Å². The monoisotopic (exact) mass is 366 g/mol. The van der Waals surface area contributed by atoms with E-state index in [0.29, 0.717) is 12.1 Å². The normalized spacial score (nSPS) is 26.7. The molecule has 2 aromatic carbocycles. The number of carbonyl (C=O) groups excluding carboxylic acids is 1. The summed E-state index contributed by atoms with van der Waals surface area (Å²) in [5.74, 6) is -0.632. The molecule has 0 spiro atoms. The van der Waals surface area contributed by atoms with Crippen LogP contribution in [0.25, 0.3) is 0 Å². The number of likely N-dealkylation sites (tertiary alicyclic amines) is 1. The molecule has 2 aliphatic heterocycles. The Morgan fingerprint density at radius 2 is 1.74 bits per heavy atom. The predicted molar refractivity (Wildman–Crippen MR) is 103 cm³/mol. The zero-order valence-corrected chi connectivity index (χ0v) is 15.8. The number of ether oxygens (including phenoxy) is 2. The number of hydrogen-bond acceptors (Lipinski definition) is 4. The van der Waals surface area contributed by atoms with Crippen molar-refractivity contribution in [1.82, 2.24) is 10.2 Å². The van der Waals surface area contributed by atoms with Crippen molar-refractivity contribution in [3.8, 4) is 0 Å². The maximum atomic E-state index is 12.5. The highest BCUT2D eigenvalue weighted by molar-refractivity contribution is 5.94. The molecule has 2 heterocycles. The van der Waals surface area contributed by atoms with E-state index in [1.54, 1.807) is 0 Å². The summed E-state index contributed by atoms with van der Waals surface area (Å²) in [6, 6.07) is 19.8. The minimum Gasteiger partial charge on any atom is -0.350 e. The number of benzene rings is 2. The van der Waals surface area contributed by atoms with E-state index in [2.05, 4.69) is 34.5 Å². The van der Waals surface area contributed by atoms with Gasteiger partial charge in [0.05, 0.1) is 6.04 Å². The Kier molecular flexibility index (Phi) is 5.00. The Morgan fingerprint density at radius 1 is 1.07 bits per heavy atom. The molecule has 0 aliphatic carbocycles. The fourth-order valence-corrected chi connectivity index (χ4v) is 4.04. The van der Waals surface area contributed by atoms with Gasteiger partial charge in [-0.1, -0.05) is 48.5 Å². The van der Waals surface area contributed by atoms with Crippen LogP contribution in [-0.4, -0.2) is 47.9 Å². The van der Waals surface area contributed by atoms with Gasteiger partial charge in [0.15, 0.2) is 5.79 Å². The van der Waals surface area contributed by atoms with E-state index < -0.39 is 5.79 Å². The van der Waals surface area contributed by atoms with Gasteiger partial charge in [0.1, 0.15) is 12.2 Å². The fourth-order valence-electron chi connectivity index (χ4n) is 4.04. The average Bonchev–Trinajstić information content (AvgIpc) is 3.12. The Balaban J connectivity index is 1.47. The molecule has 0 aromatic heterocycles. The number of fused-ring (bicyclic) bond motifs is 1. The first-order valence-corrected chi connectivity index (χ1v) is 9.49. The molecule has 27 heavy (non-hydrogen) atoms. The molecule has 2 fully saturated rings. The number of nitrogens with zero attached hydrogens (tertiary/aromatic N) is 1. The molecular formula is C22H26N2O3. The zero-order valence-electron chi connectivity index (χ0n) is 15.8. The Labute approximate surface area is 160 Å². The first-order valence-electron chi connectivity index (χ1n) is 9.49. The van der Waals surface area contributed by atoms with Gasteiger partial charge in [-0.05, 0) is 31.5 Å². The van der Waals surface area contributed by atoms with Crippen LogP contribution >= 0.6 is 0 Å². The van der Waals surface area contributed by atoms with Crippen LogP contribution in [0.2, 0.25) is 0 Å². The summed E-state index contributed by atoms with van der Waals surface area (Å²) in [6.45, 7) is 6.04. The van der Waals surface area contributed by atoms with E-state index in [-0.39, 0.29) is 24.2 Å². The van der Waals surface area contributed by atoms with Crippen molar-refractivity contribution in [3.05, 3.63) is 71.8 Å². The molecule has 2 saturated heterocycles. The van der Waals surface area contributed by atoms with Crippen molar-refractivity contribution in [2.24, 2.45) is 0 Å². The van der Waals surface area contributed by atoms with Gasteiger partial charge < -0.3 is 14.8 Å². The number of amides is 1. The number of rotatable bonds is 5.